The van der Waals surface area contributed by atoms with E-state index in [1.165, 1.54) is 0 Å². The van der Waals surface area contributed by atoms with Crippen molar-refractivity contribution in [2.75, 3.05) is 13.7 Å². The van der Waals surface area contributed by atoms with Gasteiger partial charge in [-0.3, -0.25) is 14.2 Å². The van der Waals surface area contributed by atoms with Gasteiger partial charge < -0.3 is 9.64 Å². The van der Waals surface area contributed by atoms with Gasteiger partial charge in [-0.2, -0.15) is 0 Å². The number of carbonyl (C=O) groups excluding carboxylic acids is 1. The molecule has 35 heavy (non-hydrogen) atoms. The monoisotopic (exact) mass is 469 g/mol. The summed E-state index contributed by atoms with van der Waals surface area (Å²) in [6.45, 7) is 8.56. The van der Waals surface area contributed by atoms with E-state index in [0.717, 1.165) is 5.56 Å². The number of rotatable bonds is 7. The number of nitrogens with zero attached hydrogens (tertiary/aromatic N) is 3. The van der Waals surface area contributed by atoms with Gasteiger partial charge in [-0.15, -0.1) is 0 Å². The fourth-order valence-electron chi connectivity index (χ4n) is 4.33. The van der Waals surface area contributed by atoms with Crippen molar-refractivity contribution in [3.05, 3.63) is 100 Å². The molecule has 0 aliphatic rings. The average molecular weight is 470 g/mol. The van der Waals surface area contributed by atoms with Crippen LogP contribution in [0.2, 0.25) is 0 Å². The van der Waals surface area contributed by atoms with Crippen LogP contribution in [0.4, 0.5) is 0 Å². The first-order valence-electron chi connectivity index (χ1n) is 11.8. The van der Waals surface area contributed by atoms with Crippen molar-refractivity contribution in [3.63, 3.8) is 0 Å². The molecular formula is C29H31N3O3. The normalized spacial score (nSPS) is 12.1. The fraction of sp³-hybridized carbons (Fsp3) is 0.276. The van der Waals surface area contributed by atoms with Crippen LogP contribution in [0.1, 0.15) is 48.6 Å². The Morgan fingerprint density at radius 3 is 2.37 bits per heavy atom. The maximum atomic E-state index is 13.9. The zero-order valence-corrected chi connectivity index (χ0v) is 20.9. The van der Waals surface area contributed by atoms with Crippen LogP contribution in [0.3, 0.4) is 0 Å². The third kappa shape index (κ3) is 4.83. The molecule has 1 atom stereocenters. The number of fused-ring (bicyclic) bond motifs is 1. The summed E-state index contributed by atoms with van der Waals surface area (Å²) in [5, 5.41) is 0.511. The molecule has 0 N–H and O–H groups in total. The lowest BCUT2D eigenvalue weighted by Gasteiger charge is -2.32. The number of aromatic nitrogens is 2. The maximum Gasteiger partial charge on any atom is 0.266 e. The first-order valence-corrected chi connectivity index (χ1v) is 11.8. The van der Waals surface area contributed by atoms with Gasteiger partial charge in [-0.05, 0) is 61.7 Å². The first kappa shape index (κ1) is 24.2. The highest BCUT2D eigenvalue weighted by atomic mass is 16.5. The topological polar surface area (TPSA) is 64.4 Å². The summed E-state index contributed by atoms with van der Waals surface area (Å²) in [5.74, 6) is 1.17. The quantitative estimate of drug-likeness (QED) is 0.355. The molecule has 0 fully saturated rings. The van der Waals surface area contributed by atoms with Crippen molar-refractivity contribution in [2.45, 2.75) is 33.7 Å². The van der Waals surface area contributed by atoms with Gasteiger partial charge in [-0.1, -0.05) is 50.2 Å². The lowest BCUT2D eigenvalue weighted by Crippen LogP contribution is -2.39. The Labute approximate surface area is 205 Å². The molecule has 6 heteroatoms. The molecule has 1 unspecified atom stereocenters. The molecule has 0 spiro atoms. The molecule has 0 aliphatic carbocycles. The lowest BCUT2D eigenvalue weighted by molar-refractivity contribution is 0.0655. The molecule has 1 aromatic heterocycles. The predicted octanol–water partition coefficient (Wildman–Crippen LogP) is 5.56. The van der Waals surface area contributed by atoms with Gasteiger partial charge >= 0.3 is 0 Å². The van der Waals surface area contributed by atoms with Crippen molar-refractivity contribution in [3.8, 4) is 11.4 Å². The van der Waals surface area contributed by atoms with Crippen LogP contribution in [-0.2, 0) is 0 Å². The molecule has 4 aromatic rings. The summed E-state index contributed by atoms with van der Waals surface area (Å²) in [5.41, 5.74) is 2.59. The Morgan fingerprint density at radius 1 is 1.00 bits per heavy atom. The zero-order chi connectivity index (χ0) is 25.1. The van der Waals surface area contributed by atoms with Crippen molar-refractivity contribution in [2.24, 2.45) is 5.92 Å². The van der Waals surface area contributed by atoms with Crippen molar-refractivity contribution in [1.29, 1.82) is 0 Å². The van der Waals surface area contributed by atoms with E-state index < -0.39 is 6.04 Å². The summed E-state index contributed by atoms with van der Waals surface area (Å²) < 4.78 is 7.23. The Balaban J connectivity index is 1.98. The number of amides is 1. The van der Waals surface area contributed by atoms with Crippen molar-refractivity contribution < 1.29 is 9.53 Å². The first-order chi connectivity index (χ1) is 16.8. The Kier molecular flexibility index (Phi) is 7.01. The molecule has 0 saturated carbocycles. The highest BCUT2D eigenvalue weighted by Gasteiger charge is 2.29. The van der Waals surface area contributed by atoms with Crippen LogP contribution in [0.5, 0.6) is 5.75 Å². The van der Waals surface area contributed by atoms with E-state index in [9.17, 15) is 9.59 Å². The van der Waals surface area contributed by atoms with E-state index in [-0.39, 0.29) is 17.4 Å². The minimum Gasteiger partial charge on any atom is -0.495 e. The number of carbonyl (C=O) groups is 1. The zero-order valence-electron chi connectivity index (χ0n) is 20.9. The molecule has 0 radical (unpaired) electrons. The Bertz CT molecular complexity index is 1410. The maximum absolute atomic E-state index is 13.9. The van der Waals surface area contributed by atoms with Gasteiger partial charge in [0, 0.05) is 12.1 Å². The molecule has 4 rings (SSSR count). The highest BCUT2D eigenvalue weighted by Crippen LogP contribution is 2.29. The van der Waals surface area contributed by atoms with Gasteiger partial charge in [-0.25, -0.2) is 4.98 Å². The van der Waals surface area contributed by atoms with Crippen molar-refractivity contribution in [1.82, 2.24) is 14.5 Å². The van der Waals surface area contributed by atoms with Crippen LogP contribution in [-0.4, -0.2) is 34.0 Å². The van der Waals surface area contributed by atoms with Gasteiger partial charge in [0.05, 0.1) is 29.7 Å². The number of hydrogen-bond donors (Lipinski definition) is 0. The SMILES string of the molecule is COc1ccc(C)cc1-n1c(C(C)N(CC(C)C)C(=O)c2ccccc2)nc2ccccc2c1=O. The predicted molar refractivity (Wildman–Crippen MR) is 139 cm³/mol. The summed E-state index contributed by atoms with van der Waals surface area (Å²) in [7, 11) is 1.58. The van der Waals surface area contributed by atoms with Crippen LogP contribution in [0.15, 0.2) is 77.6 Å². The third-order valence-corrected chi connectivity index (χ3v) is 6.06. The molecular weight excluding hydrogens is 438 g/mol. The van der Waals surface area contributed by atoms with Gasteiger partial charge in [0.25, 0.3) is 11.5 Å². The second-order valence-electron chi connectivity index (χ2n) is 9.20. The summed E-state index contributed by atoms with van der Waals surface area (Å²) in [6, 6.07) is 21.7. The number of hydrogen-bond acceptors (Lipinski definition) is 4. The highest BCUT2D eigenvalue weighted by molar-refractivity contribution is 5.94. The molecule has 6 nitrogen and oxygen atoms in total. The second-order valence-corrected chi connectivity index (χ2v) is 9.20. The van der Waals surface area contributed by atoms with E-state index in [1.807, 2.05) is 80.6 Å². The van der Waals surface area contributed by atoms with Crippen LogP contribution >= 0.6 is 0 Å². The van der Waals surface area contributed by atoms with Crippen LogP contribution in [0, 0.1) is 12.8 Å². The van der Waals surface area contributed by atoms with E-state index in [2.05, 4.69) is 13.8 Å². The number of aryl methyl sites for hydroxylation is 1. The molecule has 3 aromatic carbocycles. The summed E-state index contributed by atoms with van der Waals surface area (Å²) >= 11 is 0. The van der Waals surface area contributed by atoms with Crippen LogP contribution in [0.25, 0.3) is 16.6 Å². The lowest BCUT2D eigenvalue weighted by atomic mass is 10.1. The number of para-hydroxylation sites is 1. The minimum atomic E-state index is -0.479. The molecule has 0 bridgehead atoms. The number of benzene rings is 3. The Morgan fingerprint density at radius 2 is 1.69 bits per heavy atom. The van der Waals surface area contributed by atoms with Gasteiger partial charge in [0.2, 0.25) is 0 Å². The summed E-state index contributed by atoms with van der Waals surface area (Å²) in [4.78, 5) is 34.3. The standard InChI is InChI=1S/C29H31N3O3/c1-19(2)18-31(28(33)22-11-7-6-8-12-22)21(4)27-30-24-14-10-9-13-23(24)29(34)32(27)25-17-20(3)15-16-26(25)35-5/h6-17,19,21H,18H2,1-5H3. The third-order valence-electron chi connectivity index (χ3n) is 6.06. The number of methoxy groups -OCH3 is 1. The molecule has 1 heterocycles. The average Bonchev–Trinajstić information content (AvgIpc) is 2.87. The molecule has 0 aliphatic heterocycles. The number of ether oxygens (including phenoxy) is 1. The molecule has 1 amide bonds. The van der Waals surface area contributed by atoms with E-state index in [4.69, 9.17) is 9.72 Å². The van der Waals surface area contributed by atoms with E-state index >= 15 is 0 Å². The van der Waals surface area contributed by atoms with Gasteiger partial charge in [0.15, 0.2) is 0 Å². The summed E-state index contributed by atoms with van der Waals surface area (Å²) in [6.07, 6.45) is 0. The van der Waals surface area contributed by atoms with Crippen LogP contribution < -0.4 is 10.3 Å². The molecule has 180 valence electrons. The molecule has 0 saturated heterocycles. The second kappa shape index (κ2) is 10.1. The Hall–Kier alpha value is -3.93. The minimum absolute atomic E-state index is 0.100. The van der Waals surface area contributed by atoms with E-state index in [0.29, 0.717) is 40.3 Å². The van der Waals surface area contributed by atoms with Crippen molar-refractivity contribution >= 4 is 16.8 Å². The fourth-order valence-corrected chi connectivity index (χ4v) is 4.33. The van der Waals surface area contributed by atoms with E-state index in [1.54, 1.807) is 22.6 Å². The van der Waals surface area contributed by atoms with Gasteiger partial charge in [0.1, 0.15) is 11.6 Å². The smallest absolute Gasteiger partial charge is 0.266 e. The largest absolute Gasteiger partial charge is 0.495 e.